The third kappa shape index (κ3) is 4.33. The molecule has 0 radical (unpaired) electrons. The molecular formula is C13H24N4O2. The Labute approximate surface area is 114 Å². The largest absolute Gasteiger partial charge is 0.395 e. The zero-order valence-electron chi connectivity index (χ0n) is 12.0. The van der Waals surface area contributed by atoms with Gasteiger partial charge in [-0.05, 0) is 12.8 Å². The first-order valence-electron chi connectivity index (χ1n) is 6.66. The van der Waals surface area contributed by atoms with Crippen molar-refractivity contribution < 1.29 is 9.84 Å². The maximum Gasteiger partial charge on any atom is 0.158 e. The van der Waals surface area contributed by atoms with E-state index in [1.54, 1.807) is 13.2 Å². The average molecular weight is 268 g/mol. The van der Waals surface area contributed by atoms with E-state index in [9.17, 15) is 5.11 Å². The predicted molar refractivity (Wildman–Crippen MR) is 76.0 cm³/mol. The molecule has 19 heavy (non-hydrogen) atoms. The van der Waals surface area contributed by atoms with Gasteiger partial charge in [-0.3, -0.25) is 0 Å². The van der Waals surface area contributed by atoms with Crippen LogP contribution in [-0.2, 0) is 11.3 Å². The molecule has 6 heteroatoms. The maximum absolute atomic E-state index is 9.24. The lowest BCUT2D eigenvalue weighted by Crippen LogP contribution is -2.37. The van der Waals surface area contributed by atoms with E-state index in [0.29, 0.717) is 30.8 Å². The monoisotopic (exact) mass is 268 g/mol. The fourth-order valence-electron chi connectivity index (χ4n) is 2.17. The van der Waals surface area contributed by atoms with Crippen LogP contribution in [0.4, 0.5) is 11.6 Å². The topological polar surface area (TPSA) is 84.5 Å². The molecule has 0 unspecified atom stereocenters. The van der Waals surface area contributed by atoms with Gasteiger partial charge in [-0.25, -0.2) is 9.97 Å². The number of rotatable bonds is 8. The predicted octanol–water partition coefficient (Wildman–Crippen LogP) is 1.19. The fraction of sp³-hybridized carbons (Fsp3) is 0.692. The SMILES string of the molecule is CCC(CC)N(CCO)c1cc(N)nc(COC)n1. The summed E-state index contributed by atoms with van der Waals surface area (Å²) in [7, 11) is 1.60. The van der Waals surface area contributed by atoms with E-state index in [0.717, 1.165) is 18.7 Å². The zero-order chi connectivity index (χ0) is 14.3. The first-order valence-corrected chi connectivity index (χ1v) is 6.66. The quantitative estimate of drug-likeness (QED) is 0.737. The van der Waals surface area contributed by atoms with E-state index in [1.807, 2.05) is 0 Å². The van der Waals surface area contributed by atoms with Gasteiger partial charge in [-0.2, -0.15) is 0 Å². The van der Waals surface area contributed by atoms with Gasteiger partial charge < -0.3 is 20.5 Å². The number of aromatic nitrogens is 2. The average Bonchev–Trinajstić information content (AvgIpc) is 2.38. The van der Waals surface area contributed by atoms with Crippen LogP contribution in [0.2, 0.25) is 0 Å². The number of aliphatic hydroxyl groups excluding tert-OH is 1. The van der Waals surface area contributed by atoms with Crippen molar-refractivity contribution in [3.63, 3.8) is 0 Å². The van der Waals surface area contributed by atoms with E-state index >= 15 is 0 Å². The van der Waals surface area contributed by atoms with Gasteiger partial charge in [0.2, 0.25) is 0 Å². The van der Waals surface area contributed by atoms with E-state index in [2.05, 4.69) is 28.7 Å². The van der Waals surface area contributed by atoms with Crippen LogP contribution in [0.1, 0.15) is 32.5 Å². The van der Waals surface area contributed by atoms with Crippen LogP contribution >= 0.6 is 0 Å². The molecule has 1 rings (SSSR count). The molecule has 0 fully saturated rings. The molecule has 1 aromatic heterocycles. The molecule has 0 aliphatic heterocycles. The van der Waals surface area contributed by atoms with Gasteiger partial charge in [0.05, 0.1) is 6.61 Å². The molecule has 0 saturated carbocycles. The van der Waals surface area contributed by atoms with Crippen molar-refractivity contribution in [2.75, 3.05) is 30.9 Å². The standard InChI is InChI=1S/C13H24N4O2/c1-4-10(5-2)17(6-7-18)13-8-11(14)15-12(16-13)9-19-3/h8,10,18H,4-7,9H2,1-3H3,(H2,14,15,16). The maximum atomic E-state index is 9.24. The Kier molecular flexibility index (Phi) is 6.52. The molecule has 0 bridgehead atoms. The van der Waals surface area contributed by atoms with Crippen molar-refractivity contribution in [3.05, 3.63) is 11.9 Å². The number of aliphatic hydroxyl groups is 1. The molecule has 0 spiro atoms. The number of nitrogens with zero attached hydrogens (tertiary/aromatic N) is 3. The lowest BCUT2D eigenvalue weighted by Gasteiger charge is -2.31. The highest BCUT2D eigenvalue weighted by Crippen LogP contribution is 2.20. The molecule has 0 atom stereocenters. The molecule has 1 aromatic rings. The van der Waals surface area contributed by atoms with E-state index in [1.165, 1.54) is 0 Å². The van der Waals surface area contributed by atoms with Crippen molar-refractivity contribution in [3.8, 4) is 0 Å². The summed E-state index contributed by atoms with van der Waals surface area (Å²) in [5.74, 6) is 1.74. The van der Waals surface area contributed by atoms with Crippen LogP contribution in [0.15, 0.2) is 6.07 Å². The van der Waals surface area contributed by atoms with Crippen molar-refractivity contribution >= 4 is 11.6 Å². The summed E-state index contributed by atoms with van der Waals surface area (Å²) in [5, 5.41) is 9.24. The third-order valence-electron chi connectivity index (χ3n) is 3.07. The summed E-state index contributed by atoms with van der Waals surface area (Å²) in [6.45, 7) is 5.20. The number of anilines is 2. The molecular weight excluding hydrogens is 244 g/mol. The Morgan fingerprint density at radius 3 is 2.58 bits per heavy atom. The van der Waals surface area contributed by atoms with Gasteiger partial charge in [0.15, 0.2) is 5.82 Å². The molecule has 0 aromatic carbocycles. The highest BCUT2D eigenvalue weighted by Gasteiger charge is 2.17. The minimum atomic E-state index is 0.0834. The summed E-state index contributed by atoms with van der Waals surface area (Å²) < 4.78 is 5.04. The number of hydrogen-bond donors (Lipinski definition) is 2. The Hall–Kier alpha value is -1.40. The fourth-order valence-corrected chi connectivity index (χ4v) is 2.17. The minimum Gasteiger partial charge on any atom is -0.395 e. The highest BCUT2D eigenvalue weighted by atomic mass is 16.5. The van der Waals surface area contributed by atoms with Crippen molar-refractivity contribution in [2.24, 2.45) is 0 Å². The van der Waals surface area contributed by atoms with Crippen molar-refractivity contribution in [2.45, 2.75) is 39.3 Å². The van der Waals surface area contributed by atoms with E-state index in [4.69, 9.17) is 10.5 Å². The highest BCUT2D eigenvalue weighted by molar-refractivity contribution is 5.47. The summed E-state index contributed by atoms with van der Waals surface area (Å²) in [6.07, 6.45) is 1.97. The molecule has 108 valence electrons. The van der Waals surface area contributed by atoms with Gasteiger partial charge in [0, 0.05) is 25.8 Å². The first-order chi connectivity index (χ1) is 9.15. The second-order valence-electron chi connectivity index (χ2n) is 4.39. The van der Waals surface area contributed by atoms with Gasteiger partial charge in [0.25, 0.3) is 0 Å². The van der Waals surface area contributed by atoms with Gasteiger partial charge >= 0.3 is 0 Å². The third-order valence-corrected chi connectivity index (χ3v) is 3.07. The normalized spacial score (nSPS) is 11.0. The van der Waals surface area contributed by atoms with Crippen LogP contribution in [0, 0.1) is 0 Å². The number of methoxy groups -OCH3 is 1. The molecule has 0 aliphatic carbocycles. The second kappa shape index (κ2) is 7.91. The lowest BCUT2D eigenvalue weighted by molar-refractivity contribution is 0.178. The van der Waals surface area contributed by atoms with E-state index in [-0.39, 0.29) is 6.61 Å². The van der Waals surface area contributed by atoms with Crippen LogP contribution in [0.25, 0.3) is 0 Å². The number of nitrogen functional groups attached to an aromatic ring is 1. The van der Waals surface area contributed by atoms with E-state index < -0.39 is 0 Å². The number of ether oxygens (including phenoxy) is 1. The van der Waals surface area contributed by atoms with Crippen LogP contribution in [-0.4, -0.2) is 41.4 Å². The molecule has 0 saturated heterocycles. The molecule has 3 N–H and O–H groups in total. The second-order valence-corrected chi connectivity index (χ2v) is 4.39. The Balaban J connectivity index is 3.06. The summed E-state index contributed by atoms with van der Waals surface area (Å²) in [6, 6.07) is 2.07. The minimum absolute atomic E-state index is 0.0834. The Morgan fingerprint density at radius 1 is 1.37 bits per heavy atom. The summed E-state index contributed by atoms with van der Waals surface area (Å²) in [4.78, 5) is 10.7. The van der Waals surface area contributed by atoms with Crippen LogP contribution in [0.5, 0.6) is 0 Å². The summed E-state index contributed by atoms with van der Waals surface area (Å²) in [5.41, 5.74) is 5.81. The van der Waals surface area contributed by atoms with Crippen molar-refractivity contribution in [1.82, 2.24) is 9.97 Å². The number of hydrogen-bond acceptors (Lipinski definition) is 6. The smallest absolute Gasteiger partial charge is 0.158 e. The molecule has 6 nitrogen and oxygen atoms in total. The molecule has 0 amide bonds. The van der Waals surface area contributed by atoms with Crippen LogP contribution in [0.3, 0.4) is 0 Å². The molecule has 0 aliphatic rings. The zero-order valence-corrected chi connectivity index (χ0v) is 12.0. The van der Waals surface area contributed by atoms with Crippen LogP contribution < -0.4 is 10.6 Å². The Bertz CT molecular complexity index is 383. The molecule has 1 heterocycles. The van der Waals surface area contributed by atoms with Gasteiger partial charge in [-0.1, -0.05) is 13.8 Å². The lowest BCUT2D eigenvalue weighted by atomic mass is 10.1. The Morgan fingerprint density at radius 2 is 2.05 bits per heavy atom. The number of nitrogens with two attached hydrogens (primary N) is 1. The first kappa shape index (κ1) is 15.7. The van der Waals surface area contributed by atoms with Crippen molar-refractivity contribution in [1.29, 1.82) is 0 Å². The van der Waals surface area contributed by atoms with Gasteiger partial charge in [-0.15, -0.1) is 0 Å². The van der Waals surface area contributed by atoms with Gasteiger partial charge in [0.1, 0.15) is 18.2 Å². The summed E-state index contributed by atoms with van der Waals surface area (Å²) >= 11 is 0.